The monoisotopic (exact) mass is 174 g/mol. The minimum Gasteiger partial charge on any atom is -0.299 e. The standard InChI is InChI=1S/C9H18OS/c1-6(2)8(4)11-9(5)7(3)10/h6,8-9H,1-5H3. The van der Waals surface area contributed by atoms with Crippen LogP contribution < -0.4 is 0 Å². The maximum atomic E-state index is 10.9. The van der Waals surface area contributed by atoms with Crippen molar-refractivity contribution >= 4 is 17.5 Å². The van der Waals surface area contributed by atoms with E-state index in [1.807, 2.05) is 6.92 Å². The van der Waals surface area contributed by atoms with Crippen LogP contribution in [0.4, 0.5) is 0 Å². The van der Waals surface area contributed by atoms with Gasteiger partial charge >= 0.3 is 0 Å². The molecule has 2 atom stereocenters. The second-order valence-electron chi connectivity index (χ2n) is 3.34. The Morgan fingerprint density at radius 3 is 1.91 bits per heavy atom. The summed E-state index contributed by atoms with van der Waals surface area (Å²) >= 11 is 1.77. The molecule has 0 bridgehead atoms. The van der Waals surface area contributed by atoms with Crippen LogP contribution in [-0.4, -0.2) is 16.3 Å². The van der Waals surface area contributed by atoms with Gasteiger partial charge in [0.1, 0.15) is 5.78 Å². The Kier molecular flexibility index (Phi) is 4.82. The Morgan fingerprint density at radius 1 is 1.18 bits per heavy atom. The zero-order valence-electron chi connectivity index (χ0n) is 8.05. The van der Waals surface area contributed by atoms with Crippen molar-refractivity contribution in [1.29, 1.82) is 0 Å². The van der Waals surface area contributed by atoms with E-state index in [1.165, 1.54) is 0 Å². The molecule has 0 saturated carbocycles. The van der Waals surface area contributed by atoms with Crippen molar-refractivity contribution in [1.82, 2.24) is 0 Å². The molecule has 0 fully saturated rings. The SMILES string of the molecule is CC(=O)C(C)SC(C)C(C)C. The van der Waals surface area contributed by atoms with Crippen molar-refractivity contribution in [2.24, 2.45) is 5.92 Å². The molecule has 0 radical (unpaired) electrons. The molecule has 0 heterocycles. The molecule has 0 aliphatic rings. The third kappa shape index (κ3) is 4.46. The third-order valence-corrected chi connectivity index (χ3v) is 3.64. The van der Waals surface area contributed by atoms with Gasteiger partial charge in [0.2, 0.25) is 0 Å². The molecule has 0 aliphatic heterocycles. The zero-order valence-corrected chi connectivity index (χ0v) is 8.87. The maximum absolute atomic E-state index is 10.9. The van der Waals surface area contributed by atoms with E-state index in [2.05, 4.69) is 20.8 Å². The van der Waals surface area contributed by atoms with Crippen LogP contribution in [0.5, 0.6) is 0 Å². The summed E-state index contributed by atoms with van der Waals surface area (Å²) in [4.78, 5) is 10.9. The highest BCUT2D eigenvalue weighted by Crippen LogP contribution is 2.23. The molecule has 0 amide bonds. The Bertz CT molecular complexity index is 132. The number of carbonyl (C=O) groups excluding carboxylic acids is 1. The van der Waals surface area contributed by atoms with Gasteiger partial charge in [0, 0.05) is 5.25 Å². The van der Waals surface area contributed by atoms with E-state index in [0.717, 1.165) is 0 Å². The molecule has 66 valence electrons. The molecule has 0 saturated heterocycles. The lowest BCUT2D eigenvalue weighted by Crippen LogP contribution is -2.16. The smallest absolute Gasteiger partial charge is 0.142 e. The first kappa shape index (κ1) is 11.0. The lowest BCUT2D eigenvalue weighted by molar-refractivity contribution is -0.116. The first-order chi connectivity index (χ1) is 4.95. The molecule has 0 aromatic rings. The van der Waals surface area contributed by atoms with Crippen molar-refractivity contribution in [2.75, 3.05) is 0 Å². The molecular formula is C9H18OS. The topological polar surface area (TPSA) is 17.1 Å². The van der Waals surface area contributed by atoms with Gasteiger partial charge < -0.3 is 0 Å². The van der Waals surface area contributed by atoms with Crippen LogP contribution in [0, 0.1) is 5.92 Å². The Morgan fingerprint density at radius 2 is 1.64 bits per heavy atom. The van der Waals surface area contributed by atoms with E-state index < -0.39 is 0 Å². The third-order valence-electron chi connectivity index (χ3n) is 1.93. The molecular weight excluding hydrogens is 156 g/mol. The van der Waals surface area contributed by atoms with Crippen molar-refractivity contribution in [3.8, 4) is 0 Å². The highest BCUT2D eigenvalue weighted by molar-refractivity contribution is 8.01. The van der Waals surface area contributed by atoms with Gasteiger partial charge in [0.15, 0.2) is 0 Å². The van der Waals surface area contributed by atoms with Gasteiger partial charge in [-0.2, -0.15) is 0 Å². The van der Waals surface area contributed by atoms with Crippen LogP contribution in [0.3, 0.4) is 0 Å². The second kappa shape index (κ2) is 4.81. The van der Waals surface area contributed by atoms with Crippen LogP contribution in [0.1, 0.15) is 34.6 Å². The molecule has 0 aromatic heterocycles. The van der Waals surface area contributed by atoms with E-state index in [-0.39, 0.29) is 11.0 Å². The Balaban J connectivity index is 3.75. The largest absolute Gasteiger partial charge is 0.299 e. The van der Waals surface area contributed by atoms with Gasteiger partial charge in [-0.25, -0.2) is 0 Å². The van der Waals surface area contributed by atoms with E-state index in [1.54, 1.807) is 18.7 Å². The maximum Gasteiger partial charge on any atom is 0.142 e. The summed E-state index contributed by atoms with van der Waals surface area (Å²) in [6, 6.07) is 0. The van der Waals surface area contributed by atoms with Gasteiger partial charge in [-0.1, -0.05) is 20.8 Å². The van der Waals surface area contributed by atoms with Crippen molar-refractivity contribution in [3.05, 3.63) is 0 Å². The minimum absolute atomic E-state index is 0.160. The lowest BCUT2D eigenvalue weighted by atomic mass is 10.2. The number of hydrogen-bond donors (Lipinski definition) is 0. The van der Waals surface area contributed by atoms with Crippen LogP contribution in [0.15, 0.2) is 0 Å². The normalized spacial score (nSPS) is 16.5. The molecule has 0 N–H and O–H groups in total. The fourth-order valence-corrected chi connectivity index (χ4v) is 1.72. The summed E-state index contributed by atoms with van der Waals surface area (Å²) in [5.74, 6) is 0.935. The Hall–Kier alpha value is 0.0200. The molecule has 11 heavy (non-hydrogen) atoms. The number of ketones is 1. The first-order valence-corrected chi connectivity index (χ1v) is 5.05. The predicted molar refractivity (Wildman–Crippen MR) is 52.0 cm³/mol. The summed E-state index contributed by atoms with van der Waals surface area (Å²) in [5.41, 5.74) is 0. The van der Waals surface area contributed by atoms with E-state index in [0.29, 0.717) is 11.2 Å². The summed E-state index contributed by atoms with van der Waals surface area (Å²) in [6.45, 7) is 10.2. The van der Waals surface area contributed by atoms with Gasteiger partial charge in [-0.15, -0.1) is 11.8 Å². The molecule has 0 spiro atoms. The molecule has 2 heteroatoms. The number of carbonyl (C=O) groups is 1. The highest BCUT2D eigenvalue weighted by atomic mass is 32.2. The quantitative estimate of drug-likeness (QED) is 0.652. The highest BCUT2D eigenvalue weighted by Gasteiger charge is 2.14. The fraction of sp³-hybridized carbons (Fsp3) is 0.889. The fourth-order valence-electron chi connectivity index (χ4n) is 0.575. The number of thioether (sulfide) groups is 1. The lowest BCUT2D eigenvalue weighted by Gasteiger charge is -2.17. The second-order valence-corrected chi connectivity index (χ2v) is 5.06. The van der Waals surface area contributed by atoms with Gasteiger partial charge in [-0.3, -0.25) is 4.79 Å². The summed E-state index contributed by atoms with van der Waals surface area (Å²) in [5, 5.41) is 0.737. The van der Waals surface area contributed by atoms with Crippen molar-refractivity contribution in [3.63, 3.8) is 0 Å². The molecule has 2 unspecified atom stereocenters. The van der Waals surface area contributed by atoms with Crippen LogP contribution in [0.25, 0.3) is 0 Å². The molecule has 0 aromatic carbocycles. The van der Waals surface area contributed by atoms with Crippen LogP contribution in [-0.2, 0) is 4.79 Å². The molecule has 1 nitrogen and oxygen atoms in total. The zero-order chi connectivity index (χ0) is 9.02. The van der Waals surface area contributed by atoms with Crippen LogP contribution in [0.2, 0.25) is 0 Å². The average Bonchev–Trinajstić information content (AvgIpc) is 1.87. The molecule has 0 aliphatic carbocycles. The van der Waals surface area contributed by atoms with Crippen molar-refractivity contribution in [2.45, 2.75) is 45.1 Å². The summed E-state index contributed by atoms with van der Waals surface area (Å²) in [7, 11) is 0. The average molecular weight is 174 g/mol. The van der Waals surface area contributed by atoms with Gasteiger partial charge in [-0.05, 0) is 19.8 Å². The first-order valence-electron chi connectivity index (χ1n) is 4.11. The van der Waals surface area contributed by atoms with E-state index in [4.69, 9.17) is 0 Å². The summed E-state index contributed by atoms with van der Waals surface area (Å²) in [6.07, 6.45) is 0. The minimum atomic E-state index is 0.160. The Labute approximate surface area is 73.9 Å². The van der Waals surface area contributed by atoms with Crippen LogP contribution >= 0.6 is 11.8 Å². The number of hydrogen-bond acceptors (Lipinski definition) is 2. The predicted octanol–water partition coefficient (Wildman–Crippen LogP) is 2.74. The van der Waals surface area contributed by atoms with Gasteiger partial charge in [0.05, 0.1) is 5.25 Å². The van der Waals surface area contributed by atoms with E-state index >= 15 is 0 Å². The van der Waals surface area contributed by atoms with Crippen molar-refractivity contribution < 1.29 is 4.79 Å². The summed E-state index contributed by atoms with van der Waals surface area (Å²) < 4.78 is 0. The molecule has 0 rings (SSSR count). The van der Waals surface area contributed by atoms with Gasteiger partial charge in [0.25, 0.3) is 0 Å². The number of Topliss-reactive ketones (excluding diaryl/α,β-unsaturated/α-hetero) is 1. The number of rotatable bonds is 4. The van der Waals surface area contributed by atoms with E-state index in [9.17, 15) is 4.79 Å².